The van der Waals surface area contributed by atoms with E-state index in [4.69, 9.17) is 4.74 Å². The first-order chi connectivity index (χ1) is 7.88. The van der Waals surface area contributed by atoms with Crippen molar-refractivity contribution in [1.29, 1.82) is 0 Å². The van der Waals surface area contributed by atoms with Gasteiger partial charge < -0.3 is 10.1 Å². The van der Waals surface area contributed by atoms with Gasteiger partial charge in [0.2, 0.25) is 0 Å². The molecular weight excluding hydrogens is 240 g/mol. The minimum atomic E-state index is 0.586. The fourth-order valence-electron chi connectivity index (χ4n) is 1.35. The minimum absolute atomic E-state index is 0.586. The summed E-state index contributed by atoms with van der Waals surface area (Å²) < 4.78 is 5.02. The molecule has 0 aromatic carbocycles. The van der Waals surface area contributed by atoms with E-state index >= 15 is 0 Å². The molecule has 0 spiro atoms. The number of anilines is 1. The zero-order valence-corrected chi connectivity index (χ0v) is 10.7. The van der Waals surface area contributed by atoms with Crippen LogP contribution in [0.25, 0.3) is 0 Å². The smallest absolute Gasteiger partial charge is 0.182 e. The van der Waals surface area contributed by atoms with Gasteiger partial charge in [0.1, 0.15) is 0 Å². The lowest BCUT2D eigenvalue weighted by Gasteiger charge is -2.00. The van der Waals surface area contributed by atoms with E-state index in [1.165, 1.54) is 4.88 Å². The Morgan fingerprint density at radius 2 is 2.38 bits per heavy atom. The molecule has 2 aromatic heterocycles. The number of hydrogen-bond acceptors (Lipinski definition) is 5. The minimum Gasteiger partial charge on any atom is -0.378 e. The maximum Gasteiger partial charge on any atom is 0.182 e. The molecule has 2 heterocycles. The van der Waals surface area contributed by atoms with Crippen molar-refractivity contribution < 1.29 is 4.74 Å². The predicted molar refractivity (Wildman–Crippen MR) is 69.3 cm³/mol. The van der Waals surface area contributed by atoms with Gasteiger partial charge in [-0.15, -0.1) is 22.7 Å². The molecule has 0 atom stereocenters. The highest BCUT2D eigenvalue weighted by molar-refractivity contribution is 7.13. The summed E-state index contributed by atoms with van der Waals surface area (Å²) in [6.45, 7) is 1.52. The second kappa shape index (κ2) is 5.98. The lowest BCUT2D eigenvalue weighted by Crippen LogP contribution is -2.03. The molecule has 0 unspecified atom stereocenters. The van der Waals surface area contributed by atoms with Crippen molar-refractivity contribution in [2.24, 2.45) is 0 Å². The highest BCUT2D eigenvalue weighted by Crippen LogP contribution is 2.16. The van der Waals surface area contributed by atoms with Crippen molar-refractivity contribution in [2.75, 3.05) is 19.0 Å². The molecule has 0 aliphatic heterocycles. The van der Waals surface area contributed by atoms with Gasteiger partial charge in [0.15, 0.2) is 5.13 Å². The van der Waals surface area contributed by atoms with Crippen LogP contribution in [0.3, 0.4) is 0 Å². The second-order valence-corrected chi connectivity index (χ2v) is 5.22. The number of rotatable bonds is 6. The summed E-state index contributed by atoms with van der Waals surface area (Å²) in [5.74, 6) is 0. The first kappa shape index (κ1) is 11.6. The number of nitrogens with one attached hydrogen (secondary N) is 1. The first-order valence-electron chi connectivity index (χ1n) is 5.08. The standard InChI is InChI=1S/C11H14N2OS2/c1-14-7-9-8-16-11(13-9)12-5-4-10-3-2-6-15-10/h2-3,6,8H,4-5,7H2,1H3,(H,12,13). The van der Waals surface area contributed by atoms with Crippen LogP contribution < -0.4 is 5.32 Å². The molecule has 2 aromatic rings. The van der Waals surface area contributed by atoms with Gasteiger partial charge in [-0.3, -0.25) is 0 Å². The zero-order valence-electron chi connectivity index (χ0n) is 9.10. The fraction of sp³-hybridized carbons (Fsp3) is 0.364. The van der Waals surface area contributed by atoms with E-state index in [0.29, 0.717) is 6.61 Å². The van der Waals surface area contributed by atoms with Gasteiger partial charge in [0, 0.05) is 23.9 Å². The summed E-state index contributed by atoms with van der Waals surface area (Å²) in [6.07, 6.45) is 1.05. The number of thiazole rings is 1. The predicted octanol–water partition coefficient (Wildman–Crippen LogP) is 3.01. The molecule has 16 heavy (non-hydrogen) atoms. The number of nitrogens with zero attached hydrogens (tertiary/aromatic N) is 1. The Balaban J connectivity index is 1.76. The van der Waals surface area contributed by atoms with Crippen molar-refractivity contribution in [1.82, 2.24) is 4.98 Å². The molecule has 0 aliphatic carbocycles. The maximum absolute atomic E-state index is 5.02. The SMILES string of the molecule is COCc1csc(NCCc2cccs2)n1. The number of aromatic nitrogens is 1. The quantitative estimate of drug-likeness (QED) is 0.860. The Hall–Kier alpha value is -0.910. The molecule has 0 fully saturated rings. The van der Waals surface area contributed by atoms with Crippen LogP contribution in [0.15, 0.2) is 22.9 Å². The van der Waals surface area contributed by atoms with Crippen LogP contribution in [-0.2, 0) is 17.8 Å². The van der Waals surface area contributed by atoms with Crippen molar-refractivity contribution >= 4 is 27.8 Å². The Morgan fingerprint density at radius 1 is 1.44 bits per heavy atom. The summed E-state index contributed by atoms with van der Waals surface area (Å²) in [7, 11) is 1.68. The van der Waals surface area contributed by atoms with Crippen LogP contribution in [0.1, 0.15) is 10.6 Å². The normalized spacial score (nSPS) is 10.6. The van der Waals surface area contributed by atoms with E-state index in [-0.39, 0.29) is 0 Å². The van der Waals surface area contributed by atoms with E-state index < -0.39 is 0 Å². The lowest BCUT2D eigenvalue weighted by atomic mass is 10.3. The van der Waals surface area contributed by atoms with E-state index in [1.807, 2.05) is 5.38 Å². The zero-order chi connectivity index (χ0) is 11.2. The summed E-state index contributed by atoms with van der Waals surface area (Å²) in [5.41, 5.74) is 0.992. The Bertz CT molecular complexity index is 411. The van der Waals surface area contributed by atoms with Crippen LogP contribution in [-0.4, -0.2) is 18.6 Å². The third-order valence-corrected chi connectivity index (χ3v) is 3.86. The first-order valence-corrected chi connectivity index (χ1v) is 6.84. The molecule has 2 rings (SSSR count). The molecule has 0 aliphatic rings. The van der Waals surface area contributed by atoms with Crippen LogP contribution in [0.2, 0.25) is 0 Å². The van der Waals surface area contributed by atoms with Crippen molar-refractivity contribution in [3.05, 3.63) is 33.5 Å². The van der Waals surface area contributed by atoms with Gasteiger partial charge in [0.05, 0.1) is 12.3 Å². The fourth-order valence-corrected chi connectivity index (χ4v) is 2.78. The molecule has 1 N–H and O–H groups in total. The van der Waals surface area contributed by atoms with Gasteiger partial charge >= 0.3 is 0 Å². The van der Waals surface area contributed by atoms with Gasteiger partial charge in [-0.1, -0.05) is 6.07 Å². The van der Waals surface area contributed by atoms with E-state index in [9.17, 15) is 0 Å². The summed E-state index contributed by atoms with van der Waals surface area (Å²) in [4.78, 5) is 5.81. The second-order valence-electron chi connectivity index (χ2n) is 3.33. The van der Waals surface area contributed by atoms with Crippen LogP contribution in [0.4, 0.5) is 5.13 Å². The van der Waals surface area contributed by atoms with Crippen LogP contribution in [0.5, 0.6) is 0 Å². The third kappa shape index (κ3) is 3.30. The average Bonchev–Trinajstić information content (AvgIpc) is 2.90. The highest BCUT2D eigenvalue weighted by Gasteiger charge is 2.01. The number of hydrogen-bond donors (Lipinski definition) is 1. The molecule has 0 radical (unpaired) electrons. The molecular formula is C11H14N2OS2. The van der Waals surface area contributed by atoms with Gasteiger partial charge in [-0.25, -0.2) is 4.98 Å². The molecule has 5 heteroatoms. The summed E-state index contributed by atoms with van der Waals surface area (Å²) in [5, 5.41) is 8.43. The van der Waals surface area contributed by atoms with Crippen molar-refractivity contribution in [2.45, 2.75) is 13.0 Å². The van der Waals surface area contributed by atoms with Gasteiger partial charge in [0.25, 0.3) is 0 Å². The summed E-state index contributed by atoms with van der Waals surface area (Å²) in [6, 6.07) is 4.24. The monoisotopic (exact) mass is 254 g/mol. The van der Waals surface area contributed by atoms with Gasteiger partial charge in [-0.05, 0) is 17.9 Å². The summed E-state index contributed by atoms with van der Waals surface area (Å²) >= 11 is 3.42. The van der Waals surface area contributed by atoms with Crippen LogP contribution in [0, 0.1) is 0 Å². The Kier molecular flexibility index (Phi) is 4.33. The molecule has 0 saturated heterocycles. The van der Waals surface area contributed by atoms with Crippen LogP contribution >= 0.6 is 22.7 Å². The van der Waals surface area contributed by atoms with E-state index in [1.54, 1.807) is 29.8 Å². The molecule has 0 amide bonds. The maximum atomic E-state index is 5.02. The third-order valence-electron chi connectivity index (χ3n) is 2.07. The van der Waals surface area contributed by atoms with E-state index in [0.717, 1.165) is 23.8 Å². The van der Waals surface area contributed by atoms with Crippen molar-refractivity contribution in [3.63, 3.8) is 0 Å². The highest BCUT2D eigenvalue weighted by atomic mass is 32.1. The van der Waals surface area contributed by atoms with Crippen molar-refractivity contribution in [3.8, 4) is 0 Å². The topological polar surface area (TPSA) is 34.1 Å². The molecule has 0 saturated carbocycles. The average molecular weight is 254 g/mol. The van der Waals surface area contributed by atoms with Gasteiger partial charge in [-0.2, -0.15) is 0 Å². The molecule has 86 valence electrons. The number of methoxy groups -OCH3 is 1. The number of thiophene rings is 1. The molecule has 0 bridgehead atoms. The number of ether oxygens (including phenoxy) is 1. The lowest BCUT2D eigenvalue weighted by molar-refractivity contribution is 0.182. The Labute approximate surface area is 103 Å². The van der Waals surface area contributed by atoms with E-state index in [2.05, 4.69) is 27.8 Å². The Morgan fingerprint density at radius 3 is 3.12 bits per heavy atom. The molecule has 3 nitrogen and oxygen atoms in total. The largest absolute Gasteiger partial charge is 0.378 e.